The summed E-state index contributed by atoms with van der Waals surface area (Å²) in [5, 5.41) is 6.07. The molecule has 20 heavy (non-hydrogen) atoms. The molecule has 0 aromatic heterocycles. The molecule has 1 heterocycles. The van der Waals surface area contributed by atoms with Crippen LogP contribution in [0, 0.1) is 11.8 Å². The largest absolute Gasteiger partial charge is 0.391 e. The number of alkyl halides is 3. The van der Waals surface area contributed by atoms with Crippen molar-refractivity contribution in [3.05, 3.63) is 0 Å². The number of hydrogen-bond acceptors (Lipinski definition) is 2. The van der Waals surface area contributed by atoms with Crippen molar-refractivity contribution in [2.75, 3.05) is 13.1 Å². The fourth-order valence-corrected chi connectivity index (χ4v) is 3.02. The Morgan fingerprint density at radius 2 is 1.90 bits per heavy atom. The molecule has 3 atom stereocenters. The molecule has 1 aliphatic carbocycles. The fraction of sp³-hybridized carbons (Fsp3) is 0.923. The predicted octanol–water partition coefficient (Wildman–Crippen LogP) is 2.65. The predicted molar refractivity (Wildman–Crippen MR) is 72.8 cm³/mol. The topological polar surface area (TPSA) is 41.1 Å². The van der Waals surface area contributed by atoms with Gasteiger partial charge in [0.05, 0.1) is 5.92 Å². The number of halogens is 4. The third-order valence-electron chi connectivity index (χ3n) is 4.15. The van der Waals surface area contributed by atoms with E-state index < -0.39 is 18.0 Å². The van der Waals surface area contributed by atoms with Gasteiger partial charge in [-0.1, -0.05) is 6.42 Å². The normalized spacial score (nSPS) is 31.2. The molecule has 0 aromatic carbocycles. The first-order valence-electron chi connectivity index (χ1n) is 7.04. The van der Waals surface area contributed by atoms with Gasteiger partial charge in [0.1, 0.15) is 0 Å². The van der Waals surface area contributed by atoms with Crippen LogP contribution in [0.2, 0.25) is 0 Å². The first-order chi connectivity index (χ1) is 8.97. The van der Waals surface area contributed by atoms with Gasteiger partial charge >= 0.3 is 6.18 Å². The van der Waals surface area contributed by atoms with Crippen molar-refractivity contribution in [1.29, 1.82) is 0 Å². The van der Waals surface area contributed by atoms with Gasteiger partial charge in [-0.2, -0.15) is 13.2 Å². The van der Waals surface area contributed by atoms with Crippen LogP contribution >= 0.6 is 12.4 Å². The monoisotopic (exact) mass is 314 g/mol. The van der Waals surface area contributed by atoms with Gasteiger partial charge in [0.2, 0.25) is 5.91 Å². The molecule has 2 unspecified atom stereocenters. The summed E-state index contributed by atoms with van der Waals surface area (Å²) in [6.45, 7) is 1.67. The molecule has 2 rings (SSSR count). The highest BCUT2D eigenvalue weighted by Gasteiger charge is 2.43. The van der Waals surface area contributed by atoms with E-state index in [1.165, 1.54) is 0 Å². The Labute approximate surface area is 123 Å². The van der Waals surface area contributed by atoms with E-state index >= 15 is 0 Å². The average molecular weight is 315 g/mol. The number of carbonyl (C=O) groups is 1. The summed E-state index contributed by atoms with van der Waals surface area (Å²) in [6.07, 6.45) is -1.06. The van der Waals surface area contributed by atoms with Crippen LogP contribution < -0.4 is 10.6 Å². The van der Waals surface area contributed by atoms with Crippen LogP contribution in [0.15, 0.2) is 0 Å². The summed E-state index contributed by atoms with van der Waals surface area (Å²) in [5.41, 5.74) is 0. The number of piperidine rings is 1. The van der Waals surface area contributed by atoms with E-state index in [0.29, 0.717) is 12.8 Å². The summed E-state index contributed by atoms with van der Waals surface area (Å²) in [5.74, 6) is -1.97. The highest BCUT2D eigenvalue weighted by molar-refractivity contribution is 5.85. The molecule has 0 spiro atoms. The number of rotatable bonds is 2. The second-order valence-corrected chi connectivity index (χ2v) is 5.65. The van der Waals surface area contributed by atoms with Crippen LogP contribution in [0.4, 0.5) is 13.2 Å². The molecule has 0 aromatic rings. The second kappa shape index (κ2) is 7.50. The van der Waals surface area contributed by atoms with Crippen molar-refractivity contribution < 1.29 is 18.0 Å². The molecule has 0 bridgehead atoms. The van der Waals surface area contributed by atoms with Crippen molar-refractivity contribution >= 4 is 18.3 Å². The van der Waals surface area contributed by atoms with E-state index in [0.717, 1.165) is 25.9 Å². The van der Waals surface area contributed by atoms with Gasteiger partial charge < -0.3 is 10.6 Å². The third-order valence-corrected chi connectivity index (χ3v) is 4.15. The van der Waals surface area contributed by atoms with E-state index in [1.807, 2.05) is 0 Å². The minimum atomic E-state index is -4.16. The van der Waals surface area contributed by atoms with Gasteiger partial charge in [0.25, 0.3) is 0 Å². The summed E-state index contributed by atoms with van der Waals surface area (Å²) >= 11 is 0. The maximum absolute atomic E-state index is 12.7. The van der Waals surface area contributed by atoms with Crippen LogP contribution in [0.3, 0.4) is 0 Å². The van der Waals surface area contributed by atoms with E-state index in [-0.39, 0.29) is 37.2 Å². The summed E-state index contributed by atoms with van der Waals surface area (Å²) in [4.78, 5) is 12.0. The van der Waals surface area contributed by atoms with Gasteiger partial charge in [-0.15, -0.1) is 12.4 Å². The Morgan fingerprint density at radius 1 is 1.15 bits per heavy atom. The van der Waals surface area contributed by atoms with E-state index in [1.54, 1.807) is 0 Å². The van der Waals surface area contributed by atoms with E-state index in [4.69, 9.17) is 0 Å². The molecular weight excluding hydrogens is 293 g/mol. The molecule has 1 aliphatic heterocycles. The zero-order chi connectivity index (χ0) is 13.9. The number of carbonyl (C=O) groups excluding carboxylic acids is 1. The van der Waals surface area contributed by atoms with Crippen molar-refractivity contribution in [2.24, 2.45) is 11.8 Å². The molecule has 2 N–H and O–H groups in total. The Morgan fingerprint density at radius 3 is 2.50 bits per heavy atom. The summed E-state index contributed by atoms with van der Waals surface area (Å²) < 4.78 is 38.1. The maximum atomic E-state index is 12.7. The molecule has 1 amide bonds. The van der Waals surface area contributed by atoms with Crippen molar-refractivity contribution in [2.45, 2.75) is 50.7 Å². The average Bonchev–Trinajstić information content (AvgIpc) is 2.39. The van der Waals surface area contributed by atoms with Crippen LogP contribution in [0.1, 0.15) is 38.5 Å². The Kier molecular flexibility index (Phi) is 6.58. The number of nitrogens with one attached hydrogen (secondary N) is 2. The Hall–Kier alpha value is -0.490. The highest BCUT2D eigenvalue weighted by Crippen LogP contribution is 2.39. The maximum Gasteiger partial charge on any atom is 0.391 e. The molecule has 2 fully saturated rings. The van der Waals surface area contributed by atoms with Crippen LogP contribution in [0.5, 0.6) is 0 Å². The van der Waals surface area contributed by atoms with E-state index in [9.17, 15) is 18.0 Å². The van der Waals surface area contributed by atoms with Crippen LogP contribution in [-0.4, -0.2) is 31.2 Å². The van der Waals surface area contributed by atoms with Crippen molar-refractivity contribution in [3.63, 3.8) is 0 Å². The molecule has 1 saturated carbocycles. The summed E-state index contributed by atoms with van der Waals surface area (Å²) in [6, 6.07) is 0.0764. The smallest absolute Gasteiger partial charge is 0.352 e. The highest BCUT2D eigenvalue weighted by atomic mass is 35.5. The molecule has 2 aliphatic rings. The lowest BCUT2D eigenvalue weighted by Crippen LogP contribution is -2.48. The van der Waals surface area contributed by atoms with Crippen LogP contribution in [0.25, 0.3) is 0 Å². The molecular formula is C13H22ClF3N2O. The lowest BCUT2D eigenvalue weighted by molar-refractivity contribution is -0.186. The molecule has 7 heteroatoms. The second-order valence-electron chi connectivity index (χ2n) is 5.65. The van der Waals surface area contributed by atoms with Gasteiger partial charge in [-0.25, -0.2) is 0 Å². The van der Waals surface area contributed by atoms with E-state index in [2.05, 4.69) is 10.6 Å². The first-order valence-corrected chi connectivity index (χ1v) is 7.04. The SMILES string of the molecule is Cl.O=C(N[C@H]1CCCNC1)C1CCCC(C(F)(F)F)C1. The lowest BCUT2D eigenvalue weighted by atomic mass is 9.80. The minimum absolute atomic E-state index is 0. The zero-order valence-electron chi connectivity index (χ0n) is 11.3. The van der Waals surface area contributed by atoms with Gasteiger partial charge in [0, 0.05) is 18.5 Å². The molecule has 3 nitrogen and oxygen atoms in total. The summed E-state index contributed by atoms with van der Waals surface area (Å²) in [7, 11) is 0. The molecule has 0 radical (unpaired) electrons. The fourth-order valence-electron chi connectivity index (χ4n) is 3.02. The minimum Gasteiger partial charge on any atom is -0.352 e. The lowest BCUT2D eigenvalue weighted by Gasteiger charge is -2.31. The number of amides is 1. The molecule has 118 valence electrons. The standard InChI is InChI=1S/C13H21F3N2O.ClH/c14-13(15,16)10-4-1-3-9(7-10)12(19)18-11-5-2-6-17-8-11;/h9-11,17H,1-8H2,(H,18,19);1H/t9?,10?,11-;/m0./s1. The third kappa shape index (κ3) is 4.81. The Balaban J connectivity index is 0.00000200. The van der Waals surface area contributed by atoms with Gasteiger partial charge in [-0.05, 0) is 38.6 Å². The first kappa shape index (κ1) is 17.6. The van der Waals surface area contributed by atoms with Gasteiger partial charge in [0.15, 0.2) is 0 Å². The van der Waals surface area contributed by atoms with Crippen LogP contribution in [-0.2, 0) is 4.79 Å². The Bertz CT molecular complexity index is 319. The van der Waals surface area contributed by atoms with Crippen molar-refractivity contribution in [1.82, 2.24) is 10.6 Å². The quantitative estimate of drug-likeness (QED) is 0.822. The zero-order valence-corrected chi connectivity index (χ0v) is 12.2. The number of hydrogen-bond donors (Lipinski definition) is 2. The molecule has 1 saturated heterocycles. The van der Waals surface area contributed by atoms with Crippen molar-refractivity contribution in [3.8, 4) is 0 Å². The van der Waals surface area contributed by atoms with Gasteiger partial charge in [-0.3, -0.25) is 4.79 Å².